The fraction of sp³-hybridized carbons (Fsp3) is 0.750. The van der Waals surface area contributed by atoms with Crippen LogP contribution in [0.5, 0.6) is 0 Å². The van der Waals surface area contributed by atoms with Crippen LogP contribution in [-0.2, 0) is 4.74 Å². The molecule has 0 spiro atoms. The Balaban J connectivity index is 3.06. The van der Waals surface area contributed by atoms with Crippen LogP contribution in [0.2, 0.25) is 0 Å². The fourth-order valence-corrected chi connectivity index (χ4v) is 1.85. The van der Waals surface area contributed by atoms with Gasteiger partial charge in [-0.2, -0.15) is 0 Å². The van der Waals surface area contributed by atoms with Crippen LogP contribution in [0.15, 0.2) is 0 Å². The smallest absolute Gasteiger partial charge is 0.0999 e. The molecule has 11 heavy (non-hydrogen) atoms. The average molecular weight is 188 g/mol. The Morgan fingerprint density at radius 2 is 1.18 bits per heavy atom. The van der Waals surface area contributed by atoms with E-state index in [0.717, 1.165) is 9.73 Å². The largest absolute Gasteiger partial charge is 0.358 e. The van der Waals surface area contributed by atoms with Crippen LogP contribution in [0.3, 0.4) is 0 Å². The quantitative estimate of drug-likeness (QED) is 0.540. The van der Waals surface area contributed by atoms with Crippen LogP contribution in [0, 0.1) is 0 Å². The molecule has 0 atom stereocenters. The van der Waals surface area contributed by atoms with E-state index in [2.05, 4.69) is 0 Å². The zero-order valence-electron chi connectivity index (χ0n) is 7.22. The summed E-state index contributed by atoms with van der Waals surface area (Å²) in [6.45, 7) is 7.82. The topological polar surface area (TPSA) is 9.23 Å². The summed E-state index contributed by atoms with van der Waals surface area (Å²) in [6, 6.07) is 0. The van der Waals surface area contributed by atoms with Crippen molar-refractivity contribution in [2.45, 2.75) is 38.9 Å². The van der Waals surface area contributed by atoms with Gasteiger partial charge in [0, 0.05) is 0 Å². The van der Waals surface area contributed by atoms with E-state index in [9.17, 15) is 0 Å². The molecular formula is C8H12OS2. The molecule has 1 saturated heterocycles. The summed E-state index contributed by atoms with van der Waals surface area (Å²) in [7, 11) is 0. The molecule has 0 aromatic carbocycles. The normalized spacial score (nSPS) is 27.6. The van der Waals surface area contributed by atoms with Gasteiger partial charge in [0.25, 0.3) is 0 Å². The molecule has 0 radical (unpaired) electrons. The highest BCUT2D eigenvalue weighted by Crippen LogP contribution is 2.33. The van der Waals surface area contributed by atoms with Gasteiger partial charge in [0.15, 0.2) is 0 Å². The zero-order valence-corrected chi connectivity index (χ0v) is 8.86. The second-order valence-corrected chi connectivity index (χ2v) is 4.60. The Labute approximate surface area is 78.1 Å². The van der Waals surface area contributed by atoms with Crippen molar-refractivity contribution in [1.29, 1.82) is 0 Å². The molecule has 1 nitrogen and oxygen atoms in total. The van der Waals surface area contributed by atoms with E-state index in [1.54, 1.807) is 0 Å². The third-order valence-electron chi connectivity index (χ3n) is 1.81. The van der Waals surface area contributed by atoms with Gasteiger partial charge >= 0.3 is 0 Å². The first-order valence-corrected chi connectivity index (χ1v) is 4.38. The standard InChI is InChI=1S/C8H12OS2/c1-7(2)5(10)6(11)8(3,4)9-7/h1-4H3. The van der Waals surface area contributed by atoms with Crippen molar-refractivity contribution in [3.8, 4) is 0 Å². The summed E-state index contributed by atoms with van der Waals surface area (Å²) >= 11 is 10.3. The second-order valence-electron chi connectivity index (χ2n) is 3.78. The summed E-state index contributed by atoms with van der Waals surface area (Å²) in [4.78, 5) is 1.55. The Morgan fingerprint density at radius 3 is 1.27 bits per heavy atom. The fourth-order valence-electron chi connectivity index (χ4n) is 1.28. The molecule has 0 aromatic heterocycles. The molecule has 0 amide bonds. The third-order valence-corrected chi connectivity index (χ3v) is 3.33. The third kappa shape index (κ3) is 1.37. The van der Waals surface area contributed by atoms with Crippen LogP contribution in [0.4, 0.5) is 0 Å². The molecule has 0 N–H and O–H groups in total. The van der Waals surface area contributed by atoms with Gasteiger partial charge in [0.05, 0.1) is 20.9 Å². The van der Waals surface area contributed by atoms with Gasteiger partial charge in [-0.1, -0.05) is 24.4 Å². The van der Waals surface area contributed by atoms with Gasteiger partial charge in [-0.05, 0) is 27.7 Å². The van der Waals surface area contributed by atoms with Gasteiger partial charge in [-0.25, -0.2) is 0 Å². The van der Waals surface area contributed by atoms with Crippen LogP contribution in [0.1, 0.15) is 27.7 Å². The van der Waals surface area contributed by atoms with E-state index in [-0.39, 0.29) is 11.2 Å². The van der Waals surface area contributed by atoms with Gasteiger partial charge in [-0.15, -0.1) is 0 Å². The van der Waals surface area contributed by atoms with Crippen molar-refractivity contribution in [2.24, 2.45) is 0 Å². The lowest BCUT2D eigenvalue weighted by Crippen LogP contribution is -2.28. The summed E-state index contributed by atoms with van der Waals surface area (Å²) in [5.41, 5.74) is -0.703. The Kier molecular flexibility index (Phi) is 1.94. The van der Waals surface area contributed by atoms with E-state index in [1.807, 2.05) is 27.7 Å². The van der Waals surface area contributed by atoms with Gasteiger partial charge < -0.3 is 4.74 Å². The van der Waals surface area contributed by atoms with Crippen molar-refractivity contribution < 1.29 is 4.74 Å². The molecule has 1 rings (SSSR count). The monoisotopic (exact) mass is 188 g/mol. The molecule has 0 bridgehead atoms. The minimum Gasteiger partial charge on any atom is -0.358 e. The number of rotatable bonds is 0. The SMILES string of the molecule is CC1(C)OC(C)(C)C(=S)C1=S. The first kappa shape index (κ1) is 9.23. The maximum Gasteiger partial charge on any atom is 0.0999 e. The van der Waals surface area contributed by atoms with Gasteiger partial charge in [0.1, 0.15) is 0 Å². The van der Waals surface area contributed by atoms with Gasteiger partial charge in [-0.3, -0.25) is 0 Å². The minimum absolute atomic E-state index is 0.351. The van der Waals surface area contributed by atoms with E-state index in [0.29, 0.717) is 0 Å². The number of thiocarbonyl (C=S) groups is 2. The molecule has 1 aliphatic heterocycles. The Hall–Kier alpha value is 0.140. The Morgan fingerprint density at radius 1 is 0.909 bits per heavy atom. The van der Waals surface area contributed by atoms with Crippen LogP contribution < -0.4 is 0 Å². The number of hydrogen-bond acceptors (Lipinski definition) is 3. The van der Waals surface area contributed by atoms with E-state index in [4.69, 9.17) is 29.2 Å². The lowest BCUT2D eigenvalue weighted by molar-refractivity contribution is -0.0252. The molecule has 0 aliphatic carbocycles. The molecule has 62 valence electrons. The lowest BCUT2D eigenvalue weighted by atomic mass is 10.0. The zero-order chi connectivity index (χ0) is 8.86. The molecule has 0 unspecified atom stereocenters. The van der Waals surface area contributed by atoms with Crippen molar-refractivity contribution in [1.82, 2.24) is 0 Å². The minimum atomic E-state index is -0.351. The summed E-state index contributed by atoms with van der Waals surface area (Å²) < 4.78 is 5.68. The summed E-state index contributed by atoms with van der Waals surface area (Å²) in [5.74, 6) is 0. The highest BCUT2D eigenvalue weighted by molar-refractivity contribution is 7.89. The maximum atomic E-state index is 5.68. The van der Waals surface area contributed by atoms with Crippen molar-refractivity contribution in [2.75, 3.05) is 0 Å². The molecule has 0 saturated carbocycles. The molecule has 1 fully saturated rings. The molecular weight excluding hydrogens is 176 g/mol. The van der Waals surface area contributed by atoms with Crippen LogP contribution in [0.25, 0.3) is 0 Å². The second kappa shape index (κ2) is 2.31. The van der Waals surface area contributed by atoms with E-state index < -0.39 is 0 Å². The number of hydrogen-bond donors (Lipinski definition) is 0. The molecule has 0 aromatic rings. The maximum absolute atomic E-state index is 5.68. The Bertz CT molecular complexity index is 204. The van der Waals surface area contributed by atoms with E-state index in [1.165, 1.54) is 0 Å². The van der Waals surface area contributed by atoms with Crippen molar-refractivity contribution >= 4 is 34.2 Å². The van der Waals surface area contributed by atoms with E-state index >= 15 is 0 Å². The first-order chi connectivity index (χ1) is 4.77. The molecule has 3 heteroatoms. The first-order valence-electron chi connectivity index (χ1n) is 3.57. The number of ether oxygens (including phenoxy) is 1. The summed E-state index contributed by atoms with van der Waals surface area (Å²) in [5, 5.41) is 0. The molecule has 1 aliphatic rings. The van der Waals surface area contributed by atoms with Crippen molar-refractivity contribution in [3.05, 3.63) is 0 Å². The summed E-state index contributed by atoms with van der Waals surface area (Å²) in [6.07, 6.45) is 0. The lowest BCUT2D eigenvalue weighted by Gasteiger charge is -2.22. The molecule has 1 heterocycles. The highest BCUT2D eigenvalue weighted by Gasteiger charge is 2.46. The van der Waals surface area contributed by atoms with Crippen LogP contribution in [-0.4, -0.2) is 20.9 Å². The van der Waals surface area contributed by atoms with Crippen LogP contribution >= 0.6 is 24.4 Å². The van der Waals surface area contributed by atoms with Gasteiger partial charge in [0.2, 0.25) is 0 Å². The highest BCUT2D eigenvalue weighted by atomic mass is 32.1. The predicted octanol–water partition coefficient (Wildman–Crippen LogP) is 2.31. The van der Waals surface area contributed by atoms with Crippen molar-refractivity contribution in [3.63, 3.8) is 0 Å². The average Bonchev–Trinajstić information content (AvgIpc) is 1.91. The predicted molar refractivity (Wildman–Crippen MR) is 54.4 cm³/mol.